The summed E-state index contributed by atoms with van der Waals surface area (Å²) in [7, 11) is 0. The molecule has 0 fully saturated rings. The molecule has 1 unspecified atom stereocenters. The first-order valence-electron chi connectivity index (χ1n) is 7.23. The summed E-state index contributed by atoms with van der Waals surface area (Å²) >= 11 is 0. The summed E-state index contributed by atoms with van der Waals surface area (Å²) in [4.78, 5) is 0. The van der Waals surface area contributed by atoms with Gasteiger partial charge in [0.15, 0.2) is 0 Å². The normalized spacial score (nSPS) is 12.7. The van der Waals surface area contributed by atoms with Crippen molar-refractivity contribution in [2.24, 2.45) is 0 Å². The molecule has 0 saturated heterocycles. The number of fused-ring (bicyclic) bond motifs is 1. The van der Waals surface area contributed by atoms with Gasteiger partial charge in [0.2, 0.25) is 0 Å². The summed E-state index contributed by atoms with van der Waals surface area (Å²) in [6.07, 6.45) is 0.570. The Morgan fingerprint density at radius 3 is 2.62 bits per heavy atom. The number of furan rings is 1. The Labute approximate surface area is 123 Å². The SMILES string of the molecule is CCNC(Cc1ccccc1F)c1cc2ccccc2o1. The van der Waals surface area contributed by atoms with Crippen molar-refractivity contribution in [3.8, 4) is 0 Å². The van der Waals surface area contributed by atoms with Gasteiger partial charge in [-0.25, -0.2) is 4.39 Å². The molecule has 0 amide bonds. The van der Waals surface area contributed by atoms with Crippen LogP contribution in [0.5, 0.6) is 0 Å². The first-order valence-corrected chi connectivity index (χ1v) is 7.23. The Morgan fingerprint density at radius 2 is 1.86 bits per heavy atom. The van der Waals surface area contributed by atoms with Crippen LogP contribution in [0.25, 0.3) is 11.0 Å². The second-order valence-electron chi connectivity index (χ2n) is 5.09. The van der Waals surface area contributed by atoms with Crippen LogP contribution in [0.3, 0.4) is 0 Å². The van der Waals surface area contributed by atoms with Gasteiger partial charge in [-0.1, -0.05) is 43.3 Å². The minimum absolute atomic E-state index is 0.0284. The van der Waals surface area contributed by atoms with Crippen molar-refractivity contribution in [1.82, 2.24) is 5.32 Å². The lowest BCUT2D eigenvalue weighted by molar-refractivity contribution is 0.430. The van der Waals surface area contributed by atoms with E-state index in [2.05, 4.69) is 5.32 Å². The molecule has 0 aliphatic carbocycles. The molecule has 2 aromatic carbocycles. The molecule has 0 bridgehead atoms. The molecule has 1 heterocycles. The minimum atomic E-state index is -0.170. The van der Waals surface area contributed by atoms with Crippen LogP contribution in [0.15, 0.2) is 59.0 Å². The Bertz CT molecular complexity index is 702. The maximum Gasteiger partial charge on any atom is 0.134 e. The Hall–Kier alpha value is -2.13. The van der Waals surface area contributed by atoms with E-state index in [1.165, 1.54) is 6.07 Å². The number of halogens is 1. The van der Waals surface area contributed by atoms with E-state index >= 15 is 0 Å². The Balaban J connectivity index is 1.92. The summed E-state index contributed by atoms with van der Waals surface area (Å²) in [5.41, 5.74) is 1.56. The zero-order chi connectivity index (χ0) is 14.7. The zero-order valence-corrected chi connectivity index (χ0v) is 12.0. The van der Waals surface area contributed by atoms with Crippen molar-refractivity contribution in [3.63, 3.8) is 0 Å². The monoisotopic (exact) mass is 283 g/mol. The Kier molecular flexibility index (Phi) is 4.02. The number of likely N-dealkylation sites (N-methyl/N-ethyl adjacent to an activating group) is 1. The molecule has 1 atom stereocenters. The summed E-state index contributed by atoms with van der Waals surface area (Å²) < 4.78 is 19.8. The largest absolute Gasteiger partial charge is 0.459 e. The van der Waals surface area contributed by atoms with Crippen LogP contribution >= 0.6 is 0 Å². The molecule has 1 N–H and O–H groups in total. The van der Waals surface area contributed by atoms with E-state index in [1.807, 2.05) is 49.4 Å². The molecule has 3 rings (SSSR count). The van der Waals surface area contributed by atoms with Gasteiger partial charge in [-0.2, -0.15) is 0 Å². The van der Waals surface area contributed by atoms with Crippen LogP contribution in [-0.4, -0.2) is 6.54 Å². The third-order valence-corrected chi connectivity index (χ3v) is 3.62. The molecular formula is C18H18FNO. The molecule has 0 aliphatic heterocycles. The van der Waals surface area contributed by atoms with Crippen molar-refractivity contribution in [2.45, 2.75) is 19.4 Å². The van der Waals surface area contributed by atoms with E-state index in [1.54, 1.807) is 6.07 Å². The number of hydrogen-bond donors (Lipinski definition) is 1. The molecular weight excluding hydrogens is 265 g/mol. The average molecular weight is 283 g/mol. The van der Waals surface area contributed by atoms with Gasteiger partial charge >= 0.3 is 0 Å². The predicted molar refractivity (Wildman–Crippen MR) is 82.7 cm³/mol. The summed E-state index contributed by atoms with van der Waals surface area (Å²) in [5, 5.41) is 4.45. The highest BCUT2D eigenvalue weighted by Crippen LogP contribution is 2.26. The van der Waals surface area contributed by atoms with E-state index < -0.39 is 0 Å². The topological polar surface area (TPSA) is 25.2 Å². The highest BCUT2D eigenvalue weighted by molar-refractivity contribution is 5.77. The molecule has 3 aromatic rings. The smallest absolute Gasteiger partial charge is 0.134 e. The van der Waals surface area contributed by atoms with E-state index in [-0.39, 0.29) is 11.9 Å². The third kappa shape index (κ3) is 2.98. The van der Waals surface area contributed by atoms with Crippen molar-refractivity contribution >= 4 is 11.0 Å². The number of rotatable bonds is 5. The van der Waals surface area contributed by atoms with Crippen molar-refractivity contribution in [3.05, 3.63) is 71.7 Å². The van der Waals surface area contributed by atoms with Gasteiger partial charge in [0.1, 0.15) is 17.2 Å². The number of hydrogen-bond acceptors (Lipinski definition) is 2. The fourth-order valence-corrected chi connectivity index (χ4v) is 2.58. The number of benzene rings is 2. The first-order chi connectivity index (χ1) is 10.3. The van der Waals surface area contributed by atoms with Gasteiger partial charge in [-0.05, 0) is 36.7 Å². The van der Waals surface area contributed by atoms with E-state index in [0.29, 0.717) is 12.0 Å². The van der Waals surface area contributed by atoms with E-state index in [9.17, 15) is 4.39 Å². The molecule has 0 spiro atoms. The third-order valence-electron chi connectivity index (χ3n) is 3.62. The maximum atomic E-state index is 13.9. The zero-order valence-electron chi connectivity index (χ0n) is 12.0. The molecule has 2 nitrogen and oxygen atoms in total. The van der Waals surface area contributed by atoms with Crippen LogP contribution in [0.4, 0.5) is 4.39 Å². The fourth-order valence-electron chi connectivity index (χ4n) is 2.58. The van der Waals surface area contributed by atoms with Crippen molar-refractivity contribution in [2.75, 3.05) is 6.54 Å². The lowest BCUT2D eigenvalue weighted by Crippen LogP contribution is -2.22. The fraction of sp³-hybridized carbons (Fsp3) is 0.222. The van der Waals surface area contributed by atoms with Crippen molar-refractivity contribution < 1.29 is 8.81 Å². The van der Waals surface area contributed by atoms with Crippen LogP contribution < -0.4 is 5.32 Å². The van der Waals surface area contributed by atoms with Crippen molar-refractivity contribution in [1.29, 1.82) is 0 Å². The van der Waals surface area contributed by atoms with Gasteiger partial charge < -0.3 is 9.73 Å². The van der Waals surface area contributed by atoms with Crippen LogP contribution in [0.2, 0.25) is 0 Å². The maximum absolute atomic E-state index is 13.9. The second-order valence-corrected chi connectivity index (χ2v) is 5.09. The second kappa shape index (κ2) is 6.10. The number of para-hydroxylation sites is 1. The molecule has 0 radical (unpaired) electrons. The lowest BCUT2D eigenvalue weighted by atomic mass is 10.0. The molecule has 3 heteroatoms. The highest BCUT2D eigenvalue weighted by Gasteiger charge is 2.17. The standard InChI is InChI=1S/C18H18FNO/c1-2-20-16(11-13-7-3-5-9-15(13)19)18-12-14-8-4-6-10-17(14)21-18/h3-10,12,16,20H,2,11H2,1H3. The molecule has 0 aliphatic rings. The van der Waals surface area contributed by atoms with Crippen LogP contribution in [0.1, 0.15) is 24.3 Å². The first kappa shape index (κ1) is 13.8. The predicted octanol–water partition coefficient (Wildman–Crippen LogP) is 4.47. The van der Waals surface area contributed by atoms with Gasteiger partial charge in [0.05, 0.1) is 6.04 Å². The lowest BCUT2D eigenvalue weighted by Gasteiger charge is -2.15. The summed E-state index contributed by atoms with van der Waals surface area (Å²) in [5.74, 6) is 0.679. The highest BCUT2D eigenvalue weighted by atomic mass is 19.1. The van der Waals surface area contributed by atoms with E-state index in [0.717, 1.165) is 23.3 Å². The molecule has 21 heavy (non-hydrogen) atoms. The summed E-state index contributed by atoms with van der Waals surface area (Å²) in [6.45, 7) is 2.84. The van der Waals surface area contributed by atoms with Crippen LogP contribution in [-0.2, 0) is 6.42 Å². The van der Waals surface area contributed by atoms with Gasteiger partial charge in [-0.15, -0.1) is 0 Å². The minimum Gasteiger partial charge on any atom is -0.459 e. The molecule has 0 saturated carbocycles. The van der Waals surface area contributed by atoms with Gasteiger partial charge in [0.25, 0.3) is 0 Å². The molecule has 1 aromatic heterocycles. The van der Waals surface area contributed by atoms with Gasteiger partial charge in [-0.3, -0.25) is 0 Å². The summed E-state index contributed by atoms with van der Waals surface area (Å²) in [6, 6.07) is 16.8. The van der Waals surface area contributed by atoms with E-state index in [4.69, 9.17) is 4.42 Å². The average Bonchev–Trinajstić information content (AvgIpc) is 2.93. The number of nitrogens with one attached hydrogen (secondary N) is 1. The van der Waals surface area contributed by atoms with Crippen LogP contribution in [0, 0.1) is 5.82 Å². The van der Waals surface area contributed by atoms with Gasteiger partial charge in [0, 0.05) is 5.39 Å². The molecule has 108 valence electrons. The quantitative estimate of drug-likeness (QED) is 0.747. The Morgan fingerprint density at radius 1 is 1.10 bits per heavy atom.